The molecule has 7 nitrogen and oxygen atoms in total. The van der Waals surface area contributed by atoms with E-state index < -0.39 is 12.1 Å². The smallest absolute Gasteiger partial charge is 0.317 e. The molecule has 1 amide bonds. The molecule has 1 aromatic rings. The molecule has 0 saturated carbocycles. The average molecular weight is 336 g/mol. The molecule has 0 spiro atoms. The minimum absolute atomic E-state index is 0.0893. The summed E-state index contributed by atoms with van der Waals surface area (Å²) in [5, 5.41) is 19.1. The zero-order valence-corrected chi connectivity index (χ0v) is 14.2. The maximum atomic E-state index is 12.7. The number of carbonyl (C=O) groups is 2. The molecule has 1 aliphatic rings. The maximum Gasteiger partial charge on any atom is 0.317 e. The molecule has 0 aliphatic carbocycles. The zero-order valence-electron chi connectivity index (χ0n) is 14.2. The van der Waals surface area contributed by atoms with E-state index in [-0.39, 0.29) is 31.0 Å². The summed E-state index contributed by atoms with van der Waals surface area (Å²) >= 11 is 0. The Labute approximate surface area is 141 Å². The Bertz CT molecular complexity index is 606. The highest BCUT2D eigenvalue weighted by atomic mass is 16.5. The molecule has 1 aliphatic heterocycles. The Balaban J connectivity index is 2.05. The van der Waals surface area contributed by atoms with Crippen LogP contribution in [0.2, 0.25) is 0 Å². The van der Waals surface area contributed by atoms with Gasteiger partial charge in [-0.1, -0.05) is 12.1 Å². The summed E-state index contributed by atoms with van der Waals surface area (Å²) in [6, 6.07) is 6.97. The number of β-amino-alcohol motifs (C(OH)–C–C–N with tert-alkyl or cyclic N) is 1. The summed E-state index contributed by atoms with van der Waals surface area (Å²) in [7, 11) is 3.22. The van der Waals surface area contributed by atoms with E-state index in [1.165, 1.54) is 0 Å². The number of hydrogen-bond acceptors (Lipinski definition) is 5. The lowest BCUT2D eigenvalue weighted by molar-refractivity contribution is -0.138. The lowest BCUT2D eigenvalue weighted by Crippen LogP contribution is -2.43. The number of aliphatic carboxylic acids is 1. The van der Waals surface area contributed by atoms with Crippen LogP contribution < -0.4 is 4.74 Å². The van der Waals surface area contributed by atoms with E-state index in [1.807, 2.05) is 31.2 Å². The number of aliphatic hydroxyl groups is 1. The van der Waals surface area contributed by atoms with Gasteiger partial charge in [-0.15, -0.1) is 0 Å². The van der Waals surface area contributed by atoms with Crippen molar-refractivity contribution >= 4 is 11.9 Å². The van der Waals surface area contributed by atoms with Crippen molar-refractivity contribution in [2.75, 3.05) is 33.8 Å². The number of likely N-dealkylation sites (tertiary alicyclic amines) is 1. The zero-order chi connectivity index (χ0) is 17.9. The summed E-state index contributed by atoms with van der Waals surface area (Å²) in [4.78, 5) is 26.7. The Morgan fingerprint density at radius 3 is 2.75 bits per heavy atom. The Kier molecular flexibility index (Phi) is 5.80. The predicted octanol–water partition coefficient (Wildman–Crippen LogP) is 0.387. The molecule has 3 atom stereocenters. The lowest BCUT2D eigenvalue weighted by Gasteiger charge is -2.25. The highest BCUT2D eigenvalue weighted by molar-refractivity contribution is 5.84. The normalized spacial score (nSPS) is 21.8. The molecule has 1 saturated heterocycles. The van der Waals surface area contributed by atoms with E-state index in [4.69, 9.17) is 9.84 Å². The first-order chi connectivity index (χ1) is 11.3. The van der Waals surface area contributed by atoms with Gasteiger partial charge in [0.05, 0.1) is 31.7 Å². The number of aliphatic hydroxyl groups excluding tert-OH is 1. The van der Waals surface area contributed by atoms with Crippen molar-refractivity contribution in [1.29, 1.82) is 0 Å². The van der Waals surface area contributed by atoms with Gasteiger partial charge in [0.25, 0.3) is 0 Å². The van der Waals surface area contributed by atoms with Crippen molar-refractivity contribution in [3.8, 4) is 5.75 Å². The number of carbonyl (C=O) groups excluding carboxylic acids is 1. The van der Waals surface area contributed by atoms with Crippen molar-refractivity contribution in [3.63, 3.8) is 0 Å². The number of carboxylic acid groups (broad SMARTS) is 1. The molecule has 132 valence electrons. The average Bonchev–Trinajstić information content (AvgIpc) is 2.94. The molecule has 0 aromatic heterocycles. The van der Waals surface area contributed by atoms with Crippen molar-refractivity contribution < 1.29 is 24.5 Å². The number of benzene rings is 1. The monoisotopic (exact) mass is 336 g/mol. The van der Waals surface area contributed by atoms with E-state index in [2.05, 4.69) is 0 Å². The number of hydrogen-bond donors (Lipinski definition) is 2. The van der Waals surface area contributed by atoms with Crippen molar-refractivity contribution in [3.05, 3.63) is 29.8 Å². The van der Waals surface area contributed by atoms with Crippen molar-refractivity contribution in [2.24, 2.45) is 0 Å². The molecule has 0 unspecified atom stereocenters. The van der Waals surface area contributed by atoms with Gasteiger partial charge in [-0.05, 0) is 31.7 Å². The second-order valence-corrected chi connectivity index (χ2v) is 6.19. The summed E-state index contributed by atoms with van der Waals surface area (Å²) in [5.41, 5.74) is 0.844. The van der Waals surface area contributed by atoms with Gasteiger partial charge in [-0.3, -0.25) is 14.5 Å². The Morgan fingerprint density at radius 2 is 2.12 bits per heavy atom. The Hall–Kier alpha value is -2.12. The second kappa shape index (κ2) is 7.63. The van der Waals surface area contributed by atoms with Gasteiger partial charge in [-0.25, -0.2) is 0 Å². The first-order valence-corrected chi connectivity index (χ1v) is 7.86. The van der Waals surface area contributed by atoms with Crippen molar-refractivity contribution in [1.82, 2.24) is 9.80 Å². The summed E-state index contributed by atoms with van der Waals surface area (Å²) < 4.78 is 5.19. The SMILES string of the molecule is COc1cccc([C@@H](C)C(=O)N2C[C@@H](O)[C@@H](N(C)CC(=O)O)C2)c1. The molecule has 24 heavy (non-hydrogen) atoms. The highest BCUT2D eigenvalue weighted by Gasteiger charge is 2.38. The third-order valence-electron chi connectivity index (χ3n) is 4.49. The van der Waals surface area contributed by atoms with E-state index in [0.717, 1.165) is 5.56 Å². The molecule has 1 fully saturated rings. The molecule has 0 radical (unpaired) electrons. The van der Waals surface area contributed by atoms with Gasteiger partial charge in [-0.2, -0.15) is 0 Å². The van der Waals surface area contributed by atoms with Crippen LogP contribution >= 0.6 is 0 Å². The topological polar surface area (TPSA) is 90.3 Å². The molecule has 1 heterocycles. The summed E-state index contributed by atoms with van der Waals surface area (Å²) in [5.74, 6) is -0.726. The van der Waals surface area contributed by atoms with Crippen LogP contribution in [-0.4, -0.2) is 77.8 Å². The maximum absolute atomic E-state index is 12.7. The van der Waals surface area contributed by atoms with E-state index in [9.17, 15) is 14.7 Å². The number of nitrogens with zero attached hydrogens (tertiary/aromatic N) is 2. The fraction of sp³-hybridized carbons (Fsp3) is 0.529. The number of methoxy groups -OCH3 is 1. The van der Waals surface area contributed by atoms with Crippen LogP contribution in [-0.2, 0) is 9.59 Å². The third kappa shape index (κ3) is 4.04. The van der Waals surface area contributed by atoms with Crippen LogP contribution in [0, 0.1) is 0 Å². The fourth-order valence-electron chi connectivity index (χ4n) is 3.04. The van der Waals surface area contributed by atoms with E-state index >= 15 is 0 Å². The lowest BCUT2D eigenvalue weighted by atomic mass is 9.99. The number of rotatable bonds is 6. The van der Waals surface area contributed by atoms with Gasteiger partial charge in [0, 0.05) is 13.1 Å². The van der Waals surface area contributed by atoms with Crippen LogP contribution in [0.15, 0.2) is 24.3 Å². The summed E-state index contributed by atoms with van der Waals surface area (Å²) in [6.45, 7) is 2.17. The Morgan fingerprint density at radius 1 is 1.42 bits per heavy atom. The van der Waals surface area contributed by atoms with Crippen LogP contribution in [0.1, 0.15) is 18.4 Å². The number of carboxylic acids is 1. The number of ether oxygens (including phenoxy) is 1. The van der Waals surface area contributed by atoms with Crippen molar-refractivity contribution in [2.45, 2.75) is 25.0 Å². The molecular weight excluding hydrogens is 312 g/mol. The molecule has 2 N–H and O–H groups in total. The quantitative estimate of drug-likeness (QED) is 0.781. The molecule has 0 bridgehead atoms. The molecule has 1 aromatic carbocycles. The summed E-state index contributed by atoms with van der Waals surface area (Å²) in [6.07, 6.45) is -0.754. The van der Waals surface area contributed by atoms with Gasteiger partial charge in [0.1, 0.15) is 5.75 Å². The highest BCUT2D eigenvalue weighted by Crippen LogP contribution is 2.25. The number of amides is 1. The van der Waals surface area contributed by atoms with Gasteiger partial charge in [0.15, 0.2) is 0 Å². The van der Waals surface area contributed by atoms with Crippen LogP contribution in [0.5, 0.6) is 5.75 Å². The van der Waals surface area contributed by atoms with Gasteiger partial charge in [0.2, 0.25) is 5.91 Å². The molecular formula is C17H24N2O5. The van der Waals surface area contributed by atoms with E-state index in [1.54, 1.807) is 24.0 Å². The minimum atomic E-state index is -0.959. The molecule has 7 heteroatoms. The van der Waals surface area contributed by atoms with Crippen LogP contribution in [0.3, 0.4) is 0 Å². The van der Waals surface area contributed by atoms with Gasteiger partial charge >= 0.3 is 5.97 Å². The third-order valence-corrected chi connectivity index (χ3v) is 4.49. The van der Waals surface area contributed by atoms with E-state index in [0.29, 0.717) is 12.3 Å². The fourth-order valence-corrected chi connectivity index (χ4v) is 3.04. The van der Waals surface area contributed by atoms with Gasteiger partial charge < -0.3 is 19.8 Å². The molecule has 2 rings (SSSR count). The minimum Gasteiger partial charge on any atom is -0.497 e. The largest absolute Gasteiger partial charge is 0.497 e. The first kappa shape index (κ1) is 18.2. The van der Waals surface area contributed by atoms with Crippen LogP contribution in [0.25, 0.3) is 0 Å². The number of likely N-dealkylation sites (N-methyl/N-ethyl adjacent to an activating group) is 1. The van der Waals surface area contributed by atoms with Crippen LogP contribution in [0.4, 0.5) is 0 Å². The predicted molar refractivity (Wildman–Crippen MR) is 88.0 cm³/mol. The first-order valence-electron chi connectivity index (χ1n) is 7.86. The second-order valence-electron chi connectivity index (χ2n) is 6.19. The standard InChI is InChI=1S/C17H24N2O5/c1-11(12-5-4-6-13(7-12)24-3)17(23)19-8-14(15(20)9-19)18(2)10-16(21)22/h4-7,11,14-15,20H,8-10H2,1-3H3,(H,21,22)/t11-,14+,15-/m1/s1.